The summed E-state index contributed by atoms with van der Waals surface area (Å²) in [5.74, 6) is 0.0426. The van der Waals surface area contributed by atoms with Gasteiger partial charge in [0.15, 0.2) is 0 Å². The topological polar surface area (TPSA) is 49.8 Å². The summed E-state index contributed by atoms with van der Waals surface area (Å²) >= 11 is 0. The second-order valence-corrected chi connectivity index (χ2v) is 6.22. The fourth-order valence-corrected chi connectivity index (χ4v) is 3.24. The molecule has 0 aliphatic carbocycles. The number of hydrogen-bond donors (Lipinski definition) is 1. The Morgan fingerprint density at radius 3 is 2.42 bits per heavy atom. The Labute approximate surface area is 142 Å². The first-order valence-corrected chi connectivity index (χ1v) is 8.28. The van der Waals surface area contributed by atoms with E-state index in [1.807, 2.05) is 42.5 Å². The number of methoxy groups -OCH3 is 1. The largest absolute Gasteiger partial charge is 0.394 e. The van der Waals surface area contributed by atoms with Crippen molar-refractivity contribution < 1.29 is 14.6 Å². The molecule has 24 heavy (non-hydrogen) atoms. The van der Waals surface area contributed by atoms with Crippen LogP contribution >= 0.6 is 0 Å². The van der Waals surface area contributed by atoms with Gasteiger partial charge in [0, 0.05) is 13.7 Å². The molecule has 0 bridgehead atoms. The molecular formula is C20H23NO3. The molecule has 2 aromatic rings. The van der Waals surface area contributed by atoms with E-state index in [-0.39, 0.29) is 24.7 Å². The molecule has 4 heteroatoms. The van der Waals surface area contributed by atoms with Gasteiger partial charge in [0.25, 0.3) is 0 Å². The zero-order valence-electron chi connectivity index (χ0n) is 13.9. The predicted octanol–water partition coefficient (Wildman–Crippen LogP) is 2.50. The first kappa shape index (κ1) is 16.7. The summed E-state index contributed by atoms with van der Waals surface area (Å²) in [6, 6.07) is 18.1. The minimum atomic E-state index is -0.133. The number of aliphatic hydroxyl groups is 1. The molecule has 1 N–H and O–H groups in total. The van der Waals surface area contributed by atoms with Crippen LogP contribution in [-0.2, 0) is 16.0 Å². The fraction of sp³-hybridized carbons (Fsp3) is 0.350. The van der Waals surface area contributed by atoms with Crippen LogP contribution in [0.3, 0.4) is 0 Å². The van der Waals surface area contributed by atoms with Gasteiger partial charge in [0.2, 0.25) is 5.91 Å². The zero-order chi connectivity index (χ0) is 16.9. The third-order valence-corrected chi connectivity index (χ3v) is 4.66. The van der Waals surface area contributed by atoms with Gasteiger partial charge in [-0.05, 0) is 23.1 Å². The molecule has 0 aromatic heterocycles. The lowest BCUT2D eigenvalue weighted by Gasteiger charge is -2.22. The molecule has 1 aliphatic rings. The van der Waals surface area contributed by atoms with Crippen molar-refractivity contribution in [1.29, 1.82) is 0 Å². The van der Waals surface area contributed by atoms with Gasteiger partial charge in [-0.2, -0.15) is 0 Å². The van der Waals surface area contributed by atoms with E-state index in [2.05, 4.69) is 12.1 Å². The molecular weight excluding hydrogens is 302 g/mol. The first-order valence-electron chi connectivity index (χ1n) is 8.28. The number of hydrogen-bond acceptors (Lipinski definition) is 3. The fourth-order valence-electron chi connectivity index (χ4n) is 3.24. The molecule has 0 radical (unpaired) electrons. The lowest BCUT2D eigenvalue weighted by Crippen LogP contribution is -2.38. The number of rotatable bonds is 5. The predicted molar refractivity (Wildman–Crippen MR) is 93.6 cm³/mol. The number of carbonyl (C=O) groups excluding carboxylic acids is 1. The van der Waals surface area contributed by atoms with E-state index < -0.39 is 0 Å². The summed E-state index contributed by atoms with van der Waals surface area (Å²) < 4.78 is 5.33. The Morgan fingerprint density at radius 1 is 1.12 bits per heavy atom. The molecule has 126 valence electrons. The number of amides is 1. The quantitative estimate of drug-likeness (QED) is 0.919. The Kier molecular flexibility index (Phi) is 5.28. The van der Waals surface area contributed by atoms with Crippen molar-refractivity contribution in [3.8, 4) is 11.1 Å². The van der Waals surface area contributed by atoms with Crippen LogP contribution in [0.25, 0.3) is 11.1 Å². The van der Waals surface area contributed by atoms with Gasteiger partial charge in [-0.3, -0.25) is 4.79 Å². The number of aliphatic hydroxyl groups excluding tert-OH is 1. The lowest BCUT2D eigenvalue weighted by molar-refractivity contribution is -0.132. The monoisotopic (exact) mass is 325 g/mol. The van der Waals surface area contributed by atoms with E-state index in [9.17, 15) is 9.90 Å². The van der Waals surface area contributed by atoms with Crippen molar-refractivity contribution >= 4 is 5.91 Å². The minimum Gasteiger partial charge on any atom is -0.394 e. The standard InChI is InChI=1S/C20H23NO3/c1-24-19-12-18(14-22)21(13-19)20(23)11-15-7-9-17(10-8-15)16-5-3-2-4-6-16/h2-10,18-19,22H,11-14H2,1H3/t18-,19+/m0/s1. The Hall–Kier alpha value is -2.17. The van der Waals surface area contributed by atoms with Crippen molar-refractivity contribution in [1.82, 2.24) is 4.90 Å². The third kappa shape index (κ3) is 3.66. The van der Waals surface area contributed by atoms with Gasteiger partial charge in [0.05, 0.1) is 25.2 Å². The molecule has 0 saturated carbocycles. The Balaban J connectivity index is 1.66. The number of carbonyl (C=O) groups is 1. The van der Waals surface area contributed by atoms with Gasteiger partial charge < -0.3 is 14.7 Å². The first-order chi connectivity index (χ1) is 11.7. The SMILES string of the molecule is CO[C@@H]1C[C@@H](CO)N(C(=O)Cc2ccc(-c3ccccc3)cc2)C1. The summed E-state index contributed by atoms with van der Waals surface area (Å²) in [6.45, 7) is 0.543. The smallest absolute Gasteiger partial charge is 0.227 e. The normalized spacial score (nSPS) is 20.3. The van der Waals surface area contributed by atoms with E-state index >= 15 is 0 Å². The summed E-state index contributed by atoms with van der Waals surface area (Å²) in [6.07, 6.45) is 1.07. The van der Waals surface area contributed by atoms with E-state index in [4.69, 9.17) is 4.74 Å². The molecule has 1 fully saturated rings. The van der Waals surface area contributed by atoms with Crippen LogP contribution in [0.1, 0.15) is 12.0 Å². The summed E-state index contributed by atoms with van der Waals surface area (Å²) in [5, 5.41) is 9.48. The van der Waals surface area contributed by atoms with E-state index in [0.717, 1.165) is 11.1 Å². The van der Waals surface area contributed by atoms with Crippen LogP contribution in [0, 0.1) is 0 Å². The summed E-state index contributed by atoms with van der Waals surface area (Å²) in [4.78, 5) is 14.3. The maximum absolute atomic E-state index is 12.6. The van der Waals surface area contributed by atoms with Gasteiger partial charge in [-0.15, -0.1) is 0 Å². The van der Waals surface area contributed by atoms with Crippen LogP contribution in [-0.4, -0.2) is 48.3 Å². The van der Waals surface area contributed by atoms with Crippen molar-refractivity contribution in [2.75, 3.05) is 20.3 Å². The summed E-state index contributed by atoms with van der Waals surface area (Å²) in [7, 11) is 1.65. The van der Waals surface area contributed by atoms with Crippen LogP contribution < -0.4 is 0 Å². The second kappa shape index (κ2) is 7.60. The number of likely N-dealkylation sites (tertiary alicyclic amines) is 1. The van der Waals surface area contributed by atoms with E-state index in [0.29, 0.717) is 19.4 Å². The Bertz CT molecular complexity index is 669. The zero-order valence-corrected chi connectivity index (χ0v) is 13.9. The van der Waals surface area contributed by atoms with Gasteiger partial charge in [0.1, 0.15) is 0 Å². The molecule has 3 rings (SSSR count). The molecule has 4 nitrogen and oxygen atoms in total. The highest BCUT2D eigenvalue weighted by molar-refractivity contribution is 5.79. The van der Waals surface area contributed by atoms with Crippen molar-refractivity contribution in [2.24, 2.45) is 0 Å². The van der Waals surface area contributed by atoms with Crippen LogP contribution in [0.2, 0.25) is 0 Å². The molecule has 0 spiro atoms. The number of ether oxygens (including phenoxy) is 1. The van der Waals surface area contributed by atoms with Gasteiger partial charge in [-0.25, -0.2) is 0 Å². The molecule has 2 aromatic carbocycles. The molecule has 1 aliphatic heterocycles. The maximum atomic E-state index is 12.6. The van der Waals surface area contributed by atoms with Crippen LogP contribution in [0.5, 0.6) is 0 Å². The minimum absolute atomic E-state index is 0.0153. The highest BCUT2D eigenvalue weighted by atomic mass is 16.5. The molecule has 2 atom stereocenters. The Morgan fingerprint density at radius 2 is 1.79 bits per heavy atom. The lowest BCUT2D eigenvalue weighted by atomic mass is 10.0. The average Bonchev–Trinajstić information content (AvgIpc) is 3.07. The van der Waals surface area contributed by atoms with E-state index in [1.165, 1.54) is 5.56 Å². The highest BCUT2D eigenvalue weighted by Crippen LogP contribution is 2.22. The van der Waals surface area contributed by atoms with Crippen LogP contribution in [0.15, 0.2) is 54.6 Å². The van der Waals surface area contributed by atoms with Crippen molar-refractivity contribution in [3.63, 3.8) is 0 Å². The number of nitrogens with zero attached hydrogens (tertiary/aromatic N) is 1. The van der Waals surface area contributed by atoms with E-state index in [1.54, 1.807) is 12.0 Å². The third-order valence-electron chi connectivity index (χ3n) is 4.66. The van der Waals surface area contributed by atoms with Crippen molar-refractivity contribution in [3.05, 3.63) is 60.2 Å². The highest BCUT2D eigenvalue weighted by Gasteiger charge is 2.34. The average molecular weight is 325 g/mol. The molecule has 1 heterocycles. The maximum Gasteiger partial charge on any atom is 0.227 e. The molecule has 1 amide bonds. The van der Waals surface area contributed by atoms with Gasteiger partial charge >= 0.3 is 0 Å². The van der Waals surface area contributed by atoms with Crippen LogP contribution in [0.4, 0.5) is 0 Å². The number of benzene rings is 2. The second-order valence-electron chi connectivity index (χ2n) is 6.22. The van der Waals surface area contributed by atoms with Crippen molar-refractivity contribution in [2.45, 2.75) is 25.0 Å². The van der Waals surface area contributed by atoms with Gasteiger partial charge in [-0.1, -0.05) is 54.6 Å². The molecule has 1 saturated heterocycles. The molecule has 0 unspecified atom stereocenters. The summed E-state index contributed by atoms with van der Waals surface area (Å²) in [5.41, 5.74) is 3.29.